The van der Waals surface area contributed by atoms with E-state index in [2.05, 4.69) is 0 Å². The third-order valence-electron chi connectivity index (χ3n) is 3.29. The van der Waals surface area contributed by atoms with Gasteiger partial charge in [-0.25, -0.2) is 0 Å². The zero-order valence-electron chi connectivity index (χ0n) is 11.0. The van der Waals surface area contributed by atoms with Gasteiger partial charge in [0.25, 0.3) is 11.7 Å². The number of likely N-dealkylation sites (N-methyl/N-ethyl adjacent to an activating group) is 1. The SMILES string of the molecule is CCN(CC)C(=O)CN1C(=O)C(=O)c2ccccc21. The molecule has 0 bridgehead atoms. The molecule has 1 aliphatic heterocycles. The molecule has 0 N–H and O–H groups in total. The Hall–Kier alpha value is -2.17. The van der Waals surface area contributed by atoms with Gasteiger partial charge in [-0.15, -0.1) is 0 Å². The van der Waals surface area contributed by atoms with Crippen LogP contribution in [0.1, 0.15) is 24.2 Å². The van der Waals surface area contributed by atoms with Crippen molar-refractivity contribution in [2.24, 2.45) is 0 Å². The van der Waals surface area contributed by atoms with Crippen LogP contribution in [0.3, 0.4) is 0 Å². The Labute approximate surface area is 111 Å². The van der Waals surface area contributed by atoms with Crippen LogP contribution in [-0.2, 0) is 9.59 Å². The molecule has 5 nitrogen and oxygen atoms in total. The zero-order valence-corrected chi connectivity index (χ0v) is 11.0. The van der Waals surface area contributed by atoms with Gasteiger partial charge in [0.1, 0.15) is 6.54 Å². The van der Waals surface area contributed by atoms with Crippen LogP contribution in [0.5, 0.6) is 0 Å². The van der Waals surface area contributed by atoms with Crippen LogP contribution in [-0.4, -0.2) is 42.1 Å². The van der Waals surface area contributed by atoms with Crippen LogP contribution in [0.25, 0.3) is 0 Å². The topological polar surface area (TPSA) is 57.7 Å². The van der Waals surface area contributed by atoms with Gasteiger partial charge in [0.2, 0.25) is 5.91 Å². The Morgan fingerprint density at radius 2 is 1.79 bits per heavy atom. The summed E-state index contributed by atoms with van der Waals surface area (Å²) in [4.78, 5) is 38.6. The second-order valence-corrected chi connectivity index (χ2v) is 4.30. The lowest BCUT2D eigenvalue weighted by Crippen LogP contribution is -2.42. The molecule has 1 aromatic rings. The Kier molecular flexibility index (Phi) is 3.64. The molecule has 1 aliphatic rings. The highest BCUT2D eigenvalue weighted by atomic mass is 16.2. The molecule has 5 heteroatoms. The molecule has 0 spiro atoms. The van der Waals surface area contributed by atoms with E-state index in [-0.39, 0.29) is 12.5 Å². The van der Waals surface area contributed by atoms with Gasteiger partial charge in [0.15, 0.2) is 0 Å². The quantitative estimate of drug-likeness (QED) is 0.761. The van der Waals surface area contributed by atoms with Gasteiger partial charge >= 0.3 is 0 Å². The van der Waals surface area contributed by atoms with Crippen molar-refractivity contribution in [1.29, 1.82) is 0 Å². The van der Waals surface area contributed by atoms with Gasteiger partial charge in [-0.1, -0.05) is 12.1 Å². The van der Waals surface area contributed by atoms with Crippen LogP contribution in [0, 0.1) is 0 Å². The van der Waals surface area contributed by atoms with Crippen molar-refractivity contribution in [3.63, 3.8) is 0 Å². The van der Waals surface area contributed by atoms with E-state index in [0.29, 0.717) is 24.3 Å². The summed E-state index contributed by atoms with van der Waals surface area (Å²) in [7, 11) is 0. The number of para-hydroxylation sites is 1. The van der Waals surface area contributed by atoms with Crippen molar-refractivity contribution in [1.82, 2.24) is 4.90 Å². The minimum atomic E-state index is -0.623. The summed E-state index contributed by atoms with van der Waals surface area (Å²) in [6, 6.07) is 6.75. The highest BCUT2D eigenvalue weighted by Crippen LogP contribution is 2.28. The number of hydrogen-bond donors (Lipinski definition) is 0. The molecule has 0 atom stereocenters. The van der Waals surface area contributed by atoms with Gasteiger partial charge in [0.05, 0.1) is 11.3 Å². The van der Waals surface area contributed by atoms with E-state index in [4.69, 9.17) is 0 Å². The first-order valence-corrected chi connectivity index (χ1v) is 6.33. The van der Waals surface area contributed by atoms with Gasteiger partial charge in [-0.2, -0.15) is 0 Å². The summed E-state index contributed by atoms with van der Waals surface area (Å²) in [5.74, 6) is -1.31. The number of carbonyl (C=O) groups excluding carboxylic acids is 3. The maximum Gasteiger partial charge on any atom is 0.299 e. The van der Waals surface area contributed by atoms with Crippen LogP contribution in [0.2, 0.25) is 0 Å². The van der Waals surface area contributed by atoms with Gasteiger partial charge < -0.3 is 4.90 Å². The molecule has 0 saturated heterocycles. The lowest BCUT2D eigenvalue weighted by molar-refractivity contribution is -0.130. The van der Waals surface area contributed by atoms with E-state index < -0.39 is 11.7 Å². The highest BCUT2D eigenvalue weighted by Gasteiger charge is 2.36. The maximum atomic E-state index is 12.0. The summed E-state index contributed by atoms with van der Waals surface area (Å²) in [5.41, 5.74) is 0.901. The zero-order chi connectivity index (χ0) is 14.0. The predicted octanol–water partition coefficient (Wildman–Crippen LogP) is 1.08. The predicted molar refractivity (Wildman–Crippen MR) is 71.1 cm³/mol. The van der Waals surface area contributed by atoms with E-state index in [1.807, 2.05) is 13.8 Å². The lowest BCUT2D eigenvalue weighted by Gasteiger charge is -2.22. The number of amides is 2. The van der Waals surface area contributed by atoms with Crippen molar-refractivity contribution in [3.05, 3.63) is 29.8 Å². The number of nitrogens with zero attached hydrogens (tertiary/aromatic N) is 2. The van der Waals surface area contributed by atoms with Gasteiger partial charge in [-0.05, 0) is 26.0 Å². The molecule has 0 aromatic heterocycles. The molecule has 19 heavy (non-hydrogen) atoms. The summed E-state index contributed by atoms with van der Waals surface area (Å²) in [5, 5.41) is 0. The number of Topliss-reactive ketones (excluding diaryl/α,β-unsaturated/α-hetero) is 1. The number of carbonyl (C=O) groups is 3. The van der Waals surface area contributed by atoms with E-state index >= 15 is 0 Å². The van der Waals surface area contributed by atoms with E-state index in [1.165, 1.54) is 4.90 Å². The van der Waals surface area contributed by atoms with Crippen molar-refractivity contribution < 1.29 is 14.4 Å². The molecular weight excluding hydrogens is 244 g/mol. The van der Waals surface area contributed by atoms with Crippen molar-refractivity contribution in [2.45, 2.75) is 13.8 Å². The third-order valence-corrected chi connectivity index (χ3v) is 3.29. The minimum Gasteiger partial charge on any atom is -0.342 e. The molecular formula is C14H16N2O3. The maximum absolute atomic E-state index is 12.0. The molecule has 1 aromatic carbocycles. The molecule has 0 saturated carbocycles. The normalized spacial score (nSPS) is 13.7. The number of benzene rings is 1. The molecule has 100 valence electrons. The van der Waals surface area contributed by atoms with Gasteiger partial charge in [-0.3, -0.25) is 19.3 Å². The second kappa shape index (κ2) is 5.22. The number of rotatable bonds is 4. The molecule has 1 heterocycles. The van der Waals surface area contributed by atoms with Crippen molar-refractivity contribution in [3.8, 4) is 0 Å². The van der Waals surface area contributed by atoms with Crippen molar-refractivity contribution >= 4 is 23.3 Å². The van der Waals surface area contributed by atoms with E-state index in [9.17, 15) is 14.4 Å². The van der Waals surface area contributed by atoms with Crippen LogP contribution in [0.15, 0.2) is 24.3 Å². The van der Waals surface area contributed by atoms with E-state index in [0.717, 1.165) is 0 Å². The molecule has 0 unspecified atom stereocenters. The summed E-state index contributed by atoms with van der Waals surface area (Å²) in [6.07, 6.45) is 0. The number of hydrogen-bond acceptors (Lipinski definition) is 3. The number of fused-ring (bicyclic) bond motifs is 1. The van der Waals surface area contributed by atoms with Crippen LogP contribution < -0.4 is 4.90 Å². The largest absolute Gasteiger partial charge is 0.342 e. The van der Waals surface area contributed by atoms with Crippen LogP contribution >= 0.6 is 0 Å². The average molecular weight is 260 g/mol. The smallest absolute Gasteiger partial charge is 0.299 e. The third kappa shape index (κ3) is 2.23. The first kappa shape index (κ1) is 13.3. The standard InChI is InChI=1S/C14H16N2O3/c1-3-15(4-2)12(17)9-16-11-8-6-5-7-10(11)13(18)14(16)19/h5-8H,3-4,9H2,1-2H3. The van der Waals surface area contributed by atoms with E-state index in [1.54, 1.807) is 29.2 Å². The molecule has 0 aliphatic carbocycles. The molecule has 2 rings (SSSR count). The second-order valence-electron chi connectivity index (χ2n) is 4.30. The average Bonchev–Trinajstić information content (AvgIpc) is 2.66. The summed E-state index contributed by atoms with van der Waals surface area (Å²) in [6.45, 7) is 4.86. The number of anilines is 1. The monoisotopic (exact) mass is 260 g/mol. The van der Waals surface area contributed by atoms with Gasteiger partial charge in [0, 0.05) is 13.1 Å². The van der Waals surface area contributed by atoms with Crippen molar-refractivity contribution in [2.75, 3.05) is 24.5 Å². The Morgan fingerprint density at radius 3 is 2.42 bits per heavy atom. The van der Waals surface area contributed by atoms with Crippen LogP contribution in [0.4, 0.5) is 5.69 Å². The number of ketones is 1. The Bertz CT molecular complexity index is 535. The lowest BCUT2D eigenvalue weighted by atomic mass is 10.1. The fraction of sp³-hybridized carbons (Fsp3) is 0.357. The minimum absolute atomic E-state index is 0.0801. The molecule has 0 radical (unpaired) electrons. The molecule has 0 fully saturated rings. The summed E-state index contributed by atoms with van der Waals surface area (Å²) < 4.78 is 0. The summed E-state index contributed by atoms with van der Waals surface area (Å²) >= 11 is 0. The molecule has 2 amide bonds. The Balaban J connectivity index is 2.24. The first-order chi connectivity index (χ1) is 9.10. The Morgan fingerprint density at radius 1 is 1.16 bits per heavy atom. The fourth-order valence-corrected chi connectivity index (χ4v) is 2.22. The highest BCUT2D eigenvalue weighted by molar-refractivity contribution is 6.52. The first-order valence-electron chi connectivity index (χ1n) is 6.33. The fourth-order valence-electron chi connectivity index (χ4n) is 2.22.